The molecule has 3 aromatic rings. The van der Waals surface area contributed by atoms with Gasteiger partial charge in [0.2, 0.25) is 0 Å². The Morgan fingerprint density at radius 1 is 1.19 bits per heavy atom. The van der Waals surface area contributed by atoms with E-state index in [4.69, 9.17) is 16.3 Å². The van der Waals surface area contributed by atoms with E-state index in [1.807, 2.05) is 31.2 Å². The van der Waals surface area contributed by atoms with Crippen LogP contribution in [0.15, 0.2) is 75.0 Å². The number of nitrogens with zero attached hydrogens (tertiary/aromatic N) is 1. The number of thioether (sulfide) groups is 1. The molecule has 32 heavy (non-hydrogen) atoms. The van der Waals surface area contributed by atoms with Gasteiger partial charge in [-0.05, 0) is 66.7 Å². The Morgan fingerprint density at radius 2 is 2.00 bits per heavy atom. The molecule has 8 heteroatoms. The molecule has 0 saturated carbocycles. The van der Waals surface area contributed by atoms with Crippen molar-refractivity contribution in [2.75, 3.05) is 0 Å². The van der Waals surface area contributed by atoms with Gasteiger partial charge in [0.15, 0.2) is 5.17 Å². The molecule has 0 bridgehead atoms. The first kappa shape index (κ1) is 22.6. The molecule has 1 amide bonds. The minimum absolute atomic E-state index is 0.0740. The SMILES string of the molecule is Cc1c(Cl)cccc1N=C1NC(=O)/C(=C\c2cc(Br)ccc2OCc2ccccc2F)S1. The van der Waals surface area contributed by atoms with Gasteiger partial charge in [-0.1, -0.05) is 51.8 Å². The van der Waals surface area contributed by atoms with E-state index in [2.05, 4.69) is 26.2 Å². The van der Waals surface area contributed by atoms with Crippen LogP contribution < -0.4 is 10.1 Å². The Kier molecular flexibility index (Phi) is 6.98. The molecule has 0 aliphatic carbocycles. The first-order valence-corrected chi connectivity index (χ1v) is 11.6. The van der Waals surface area contributed by atoms with E-state index in [9.17, 15) is 9.18 Å². The molecule has 3 aromatic carbocycles. The number of hydrogen-bond acceptors (Lipinski definition) is 4. The third-order valence-corrected chi connectivity index (χ3v) is 6.52. The summed E-state index contributed by atoms with van der Waals surface area (Å²) in [6.45, 7) is 1.95. The number of amides is 1. The Balaban J connectivity index is 1.58. The molecule has 1 fully saturated rings. The van der Waals surface area contributed by atoms with Gasteiger partial charge in [-0.15, -0.1) is 0 Å². The van der Waals surface area contributed by atoms with Gasteiger partial charge in [0.1, 0.15) is 18.2 Å². The smallest absolute Gasteiger partial charge is 0.264 e. The van der Waals surface area contributed by atoms with E-state index in [1.165, 1.54) is 17.8 Å². The fraction of sp³-hybridized carbons (Fsp3) is 0.0833. The van der Waals surface area contributed by atoms with Crippen molar-refractivity contribution in [1.82, 2.24) is 5.32 Å². The maximum absolute atomic E-state index is 13.9. The van der Waals surface area contributed by atoms with Crippen molar-refractivity contribution < 1.29 is 13.9 Å². The number of carbonyl (C=O) groups excluding carboxylic acids is 1. The molecule has 0 radical (unpaired) electrons. The van der Waals surface area contributed by atoms with Gasteiger partial charge < -0.3 is 10.1 Å². The first-order chi connectivity index (χ1) is 15.4. The van der Waals surface area contributed by atoms with E-state index >= 15 is 0 Å². The van der Waals surface area contributed by atoms with Crippen LogP contribution in [-0.4, -0.2) is 11.1 Å². The van der Waals surface area contributed by atoms with Crippen LogP contribution in [0.25, 0.3) is 6.08 Å². The van der Waals surface area contributed by atoms with E-state index in [1.54, 1.807) is 36.4 Å². The quantitative estimate of drug-likeness (QED) is 0.360. The van der Waals surface area contributed by atoms with Crippen LogP contribution >= 0.6 is 39.3 Å². The van der Waals surface area contributed by atoms with Crippen LogP contribution in [0.3, 0.4) is 0 Å². The van der Waals surface area contributed by atoms with Crippen molar-refractivity contribution in [2.24, 2.45) is 4.99 Å². The molecule has 1 aliphatic heterocycles. The molecule has 0 unspecified atom stereocenters. The zero-order valence-corrected chi connectivity index (χ0v) is 20.0. The van der Waals surface area contributed by atoms with E-state index < -0.39 is 0 Å². The number of amidine groups is 1. The molecule has 1 heterocycles. The van der Waals surface area contributed by atoms with Crippen LogP contribution in [0.4, 0.5) is 10.1 Å². The van der Waals surface area contributed by atoms with Crippen molar-refractivity contribution in [3.05, 3.63) is 97.6 Å². The van der Waals surface area contributed by atoms with E-state index in [-0.39, 0.29) is 18.3 Å². The van der Waals surface area contributed by atoms with Gasteiger partial charge in [-0.3, -0.25) is 4.79 Å². The summed E-state index contributed by atoms with van der Waals surface area (Å²) in [7, 11) is 0. The van der Waals surface area contributed by atoms with E-state index in [0.717, 1.165) is 10.0 Å². The number of carbonyl (C=O) groups is 1. The summed E-state index contributed by atoms with van der Waals surface area (Å²) >= 11 is 10.8. The predicted molar refractivity (Wildman–Crippen MR) is 132 cm³/mol. The molecule has 4 nitrogen and oxygen atoms in total. The molecule has 1 saturated heterocycles. The Hall–Kier alpha value is -2.61. The minimum Gasteiger partial charge on any atom is -0.488 e. The lowest BCUT2D eigenvalue weighted by Gasteiger charge is -2.11. The number of ether oxygens (including phenoxy) is 1. The molecule has 0 atom stereocenters. The number of aliphatic imine (C=N–C) groups is 1. The number of halogens is 3. The van der Waals surface area contributed by atoms with Crippen LogP contribution in [0.5, 0.6) is 5.75 Å². The number of hydrogen-bond donors (Lipinski definition) is 1. The van der Waals surface area contributed by atoms with Crippen molar-refractivity contribution in [1.29, 1.82) is 0 Å². The van der Waals surface area contributed by atoms with Gasteiger partial charge in [-0.25, -0.2) is 9.38 Å². The lowest BCUT2D eigenvalue weighted by atomic mass is 10.1. The Bertz CT molecular complexity index is 1260. The first-order valence-electron chi connectivity index (χ1n) is 9.61. The molecule has 0 aromatic heterocycles. The molecular formula is C24H17BrClFN2O2S. The van der Waals surface area contributed by atoms with Gasteiger partial charge in [0, 0.05) is 20.6 Å². The summed E-state index contributed by atoms with van der Waals surface area (Å²) in [5, 5.41) is 3.86. The predicted octanol–water partition coefficient (Wildman–Crippen LogP) is 7.02. The third-order valence-electron chi connectivity index (χ3n) is 4.71. The van der Waals surface area contributed by atoms with E-state index in [0.29, 0.717) is 37.7 Å². The third kappa shape index (κ3) is 5.23. The van der Waals surface area contributed by atoms with Crippen molar-refractivity contribution in [2.45, 2.75) is 13.5 Å². The number of nitrogens with one attached hydrogen (secondary N) is 1. The Morgan fingerprint density at radius 3 is 2.81 bits per heavy atom. The molecule has 162 valence electrons. The molecule has 0 spiro atoms. The average Bonchev–Trinajstić information content (AvgIpc) is 3.10. The van der Waals surface area contributed by atoms with Gasteiger partial charge in [-0.2, -0.15) is 0 Å². The average molecular weight is 532 g/mol. The van der Waals surface area contributed by atoms with Crippen LogP contribution in [0.2, 0.25) is 5.02 Å². The summed E-state index contributed by atoms with van der Waals surface area (Å²) in [5.74, 6) is -0.0470. The lowest BCUT2D eigenvalue weighted by molar-refractivity contribution is -0.115. The second-order valence-corrected chi connectivity index (χ2v) is 9.28. The molecule has 4 rings (SSSR count). The second-order valence-electron chi connectivity index (χ2n) is 6.93. The highest BCUT2D eigenvalue weighted by Gasteiger charge is 2.24. The highest BCUT2D eigenvalue weighted by atomic mass is 79.9. The molecular weight excluding hydrogens is 515 g/mol. The fourth-order valence-corrected chi connectivity index (χ4v) is 4.36. The van der Waals surface area contributed by atoms with Gasteiger partial charge >= 0.3 is 0 Å². The standard InChI is InChI=1S/C24H17BrClFN2O2S/c1-14-18(26)6-4-8-20(14)28-24-29-23(30)22(32-24)12-16-11-17(25)9-10-21(16)31-13-15-5-2-3-7-19(15)27/h2-12H,13H2,1H3,(H,28,29,30)/b22-12+. The highest BCUT2D eigenvalue weighted by Crippen LogP contribution is 2.33. The summed E-state index contributed by atoms with van der Waals surface area (Å²) in [6.07, 6.45) is 1.73. The zero-order chi connectivity index (χ0) is 22.7. The zero-order valence-electron chi connectivity index (χ0n) is 16.9. The summed E-state index contributed by atoms with van der Waals surface area (Å²) in [5.41, 5.74) is 2.67. The maximum Gasteiger partial charge on any atom is 0.264 e. The largest absolute Gasteiger partial charge is 0.488 e. The summed E-state index contributed by atoms with van der Waals surface area (Å²) in [4.78, 5) is 17.5. The lowest BCUT2D eigenvalue weighted by Crippen LogP contribution is -2.19. The molecule has 1 aliphatic rings. The highest BCUT2D eigenvalue weighted by molar-refractivity contribution is 9.10. The summed E-state index contributed by atoms with van der Waals surface area (Å²) in [6, 6.07) is 17.4. The minimum atomic E-state index is -0.326. The molecule has 1 N–H and O–H groups in total. The van der Waals surface area contributed by atoms with Crippen molar-refractivity contribution >= 4 is 62.1 Å². The maximum atomic E-state index is 13.9. The second kappa shape index (κ2) is 9.90. The van der Waals surface area contributed by atoms with Crippen LogP contribution in [0, 0.1) is 12.7 Å². The fourth-order valence-electron chi connectivity index (χ4n) is 2.98. The van der Waals surface area contributed by atoms with Crippen molar-refractivity contribution in [3.8, 4) is 5.75 Å². The van der Waals surface area contributed by atoms with Crippen LogP contribution in [0.1, 0.15) is 16.7 Å². The topological polar surface area (TPSA) is 50.7 Å². The van der Waals surface area contributed by atoms with Gasteiger partial charge in [0.25, 0.3) is 5.91 Å². The van der Waals surface area contributed by atoms with Crippen LogP contribution in [-0.2, 0) is 11.4 Å². The number of benzene rings is 3. The van der Waals surface area contributed by atoms with Gasteiger partial charge in [0.05, 0.1) is 10.6 Å². The number of rotatable bonds is 5. The normalized spacial score (nSPS) is 15.9. The van der Waals surface area contributed by atoms with Crippen molar-refractivity contribution in [3.63, 3.8) is 0 Å². The Labute approximate surface area is 202 Å². The monoisotopic (exact) mass is 530 g/mol. The summed E-state index contributed by atoms with van der Waals surface area (Å²) < 4.78 is 20.6.